The molecule has 1 atom stereocenters. The van der Waals surface area contributed by atoms with Gasteiger partial charge in [-0.15, -0.1) is 0 Å². The van der Waals surface area contributed by atoms with Crippen molar-refractivity contribution < 1.29 is 37.4 Å². The molecule has 0 saturated heterocycles. The molecule has 0 spiro atoms. The quantitative estimate of drug-likeness (QED) is 0.408. The molecule has 0 N–H and O–H groups in total. The first kappa shape index (κ1) is 21.0. The summed E-state index contributed by atoms with van der Waals surface area (Å²) in [6, 6.07) is 23.9. The molecule has 0 aromatic heterocycles. The summed E-state index contributed by atoms with van der Waals surface area (Å²) in [6.07, 6.45) is 0.689. The molecule has 4 rings (SSSR count). The molecular weight excluding hydrogens is 417 g/mol. The minimum Gasteiger partial charge on any atom is -0.480 e. The normalized spacial score (nSPS) is 15.5. The number of fused-ring (bicyclic) bond motifs is 1. The van der Waals surface area contributed by atoms with Crippen LogP contribution in [0.3, 0.4) is 0 Å². The fourth-order valence-corrected chi connectivity index (χ4v) is 3.76. The van der Waals surface area contributed by atoms with Crippen LogP contribution >= 0.6 is 0 Å². The number of benzene rings is 3. The van der Waals surface area contributed by atoms with Crippen molar-refractivity contribution in [2.75, 3.05) is 0 Å². The van der Waals surface area contributed by atoms with Gasteiger partial charge in [-0.2, -0.15) is 6.42 Å². The largest absolute Gasteiger partial charge is 3.00 e. The van der Waals surface area contributed by atoms with E-state index in [0.29, 0.717) is 0 Å². The zero-order valence-corrected chi connectivity index (χ0v) is 19.7. The molecule has 0 radical (unpaired) electrons. The Balaban J connectivity index is 0.00000225. The van der Waals surface area contributed by atoms with E-state index in [1.807, 2.05) is 0 Å². The second-order valence-electron chi connectivity index (χ2n) is 7.39. The van der Waals surface area contributed by atoms with Gasteiger partial charge in [-0.3, -0.25) is 0 Å². The number of hydrogen-bond donors (Lipinski definition) is 0. The Morgan fingerprint density at radius 3 is 2.11 bits per heavy atom. The Hall–Kier alpha value is -1.70. The summed E-state index contributed by atoms with van der Waals surface area (Å²) in [7, 11) is 0. The summed E-state index contributed by atoms with van der Waals surface area (Å²) in [6.45, 7) is 10.4. The maximum atomic E-state index is 6.57. The van der Waals surface area contributed by atoms with Crippen molar-refractivity contribution in [3.63, 3.8) is 0 Å². The van der Waals surface area contributed by atoms with Crippen LogP contribution in [0.4, 0.5) is 0 Å². The van der Waals surface area contributed by atoms with E-state index in [9.17, 15) is 0 Å². The standard InChI is InChI=1S/C26H25O.Y/c1-5-20-9-13-22(14-10-20)26-25(21-11-6-17(2)7-12-21)19(4)23-15-8-18(3)16-24(23)27-26;/h6-16,26H,1,5H2,2-4H3;/q-1;+3. The van der Waals surface area contributed by atoms with Gasteiger partial charge in [-0.25, -0.2) is 0 Å². The summed E-state index contributed by atoms with van der Waals surface area (Å²) >= 11 is 0. The molecule has 0 fully saturated rings. The van der Waals surface area contributed by atoms with Crippen LogP contribution in [0.2, 0.25) is 0 Å². The van der Waals surface area contributed by atoms with E-state index in [-0.39, 0.29) is 38.8 Å². The van der Waals surface area contributed by atoms with Crippen LogP contribution in [0.25, 0.3) is 11.1 Å². The van der Waals surface area contributed by atoms with Crippen molar-refractivity contribution in [3.8, 4) is 5.75 Å². The second kappa shape index (κ2) is 8.76. The zero-order chi connectivity index (χ0) is 19.0. The molecule has 3 aromatic carbocycles. The van der Waals surface area contributed by atoms with Crippen molar-refractivity contribution in [2.45, 2.75) is 33.3 Å². The molecule has 1 aliphatic heterocycles. The molecule has 28 heavy (non-hydrogen) atoms. The number of aryl methyl sites for hydroxylation is 2. The van der Waals surface area contributed by atoms with Crippen LogP contribution in [0.15, 0.2) is 66.7 Å². The van der Waals surface area contributed by atoms with E-state index in [0.717, 1.165) is 12.2 Å². The SMILES string of the molecule is [CH2-]Cc1ccc(C2Oc3cc(C)ccc3C(C)=C2c2ccc(C)cc2)cc1.[Y+3]. The fourth-order valence-electron chi connectivity index (χ4n) is 3.76. The van der Waals surface area contributed by atoms with Crippen molar-refractivity contribution in [1.29, 1.82) is 0 Å². The number of rotatable bonds is 3. The van der Waals surface area contributed by atoms with Crippen LogP contribution in [0.5, 0.6) is 5.75 Å². The van der Waals surface area contributed by atoms with E-state index >= 15 is 0 Å². The maximum absolute atomic E-state index is 6.57. The average molecular weight is 442 g/mol. The minimum atomic E-state index is -0.110. The van der Waals surface area contributed by atoms with E-state index in [2.05, 4.69) is 94.4 Å². The Kier molecular flexibility index (Phi) is 6.58. The van der Waals surface area contributed by atoms with Crippen molar-refractivity contribution in [1.82, 2.24) is 0 Å². The number of ether oxygens (including phenoxy) is 1. The van der Waals surface area contributed by atoms with Crippen LogP contribution in [0.1, 0.15) is 46.4 Å². The summed E-state index contributed by atoms with van der Waals surface area (Å²) in [5, 5.41) is 0. The molecule has 136 valence electrons. The molecule has 3 aromatic rings. The predicted octanol–water partition coefficient (Wildman–Crippen LogP) is 6.74. The molecule has 0 bridgehead atoms. The van der Waals surface area contributed by atoms with Gasteiger partial charge in [0.15, 0.2) is 0 Å². The molecular formula is C26H25OY+2. The first-order chi connectivity index (χ1) is 13.1. The third-order valence-corrected chi connectivity index (χ3v) is 5.39. The molecule has 1 unspecified atom stereocenters. The third-order valence-electron chi connectivity index (χ3n) is 5.39. The van der Waals surface area contributed by atoms with Gasteiger partial charge >= 0.3 is 32.7 Å². The van der Waals surface area contributed by atoms with Crippen molar-refractivity contribution >= 4 is 11.1 Å². The van der Waals surface area contributed by atoms with E-state index < -0.39 is 0 Å². The Labute approximate surface area is 193 Å². The van der Waals surface area contributed by atoms with Gasteiger partial charge in [0.2, 0.25) is 0 Å². The van der Waals surface area contributed by atoms with Crippen LogP contribution in [-0.4, -0.2) is 0 Å². The molecule has 1 nitrogen and oxygen atoms in total. The van der Waals surface area contributed by atoms with Gasteiger partial charge in [0, 0.05) is 11.1 Å². The van der Waals surface area contributed by atoms with Crippen LogP contribution < -0.4 is 4.74 Å². The number of allylic oxidation sites excluding steroid dienone is 1. The van der Waals surface area contributed by atoms with E-state index in [4.69, 9.17) is 4.74 Å². The van der Waals surface area contributed by atoms with Crippen molar-refractivity contribution in [2.24, 2.45) is 0 Å². The molecule has 0 aliphatic carbocycles. The van der Waals surface area contributed by atoms with Gasteiger partial charge in [-0.05, 0) is 49.1 Å². The minimum absolute atomic E-state index is 0. The first-order valence-corrected chi connectivity index (χ1v) is 9.50. The monoisotopic (exact) mass is 442 g/mol. The predicted molar refractivity (Wildman–Crippen MR) is 114 cm³/mol. The molecule has 1 aliphatic rings. The smallest absolute Gasteiger partial charge is 0.480 e. The average Bonchev–Trinajstić information content (AvgIpc) is 2.68. The molecule has 1 heterocycles. The van der Waals surface area contributed by atoms with Gasteiger partial charge in [0.1, 0.15) is 11.9 Å². The van der Waals surface area contributed by atoms with Gasteiger partial charge in [0.05, 0.1) is 0 Å². The Morgan fingerprint density at radius 1 is 0.821 bits per heavy atom. The zero-order valence-electron chi connectivity index (χ0n) is 16.8. The van der Waals surface area contributed by atoms with Gasteiger partial charge in [-0.1, -0.05) is 71.8 Å². The first-order valence-electron chi connectivity index (χ1n) is 9.50. The topological polar surface area (TPSA) is 9.23 Å². The summed E-state index contributed by atoms with van der Waals surface area (Å²) in [5.74, 6) is 0.967. The van der Waals surface area contributed by atoms with Crippen LogP contribution in [-0.2, 0) is 39.1 Å². The molecule has 0 saturated carbocycles. The fraction of sp³-hybridized carbons (Fsp3) is 0.192. The van der Waals surface area contributed by atoms with Crippen LogP contribution in [0, 0.1) is 20.8 Å². The molecule has 0 amide bonds. The second-order valence-corrected chi connectivity index (χ2v) is 7.39. The van der Waals surface area contributed by atoms with E-state index in [1.54, 1.807) is 0 Å². The van der Waals surface area contributed by atoms with Gasteiger partial charge < -0.3 is 11.7 Å². The van der Waals surface area contributed by atoms with Gasteiger partial charge in [0.25, 0.3) is 0 Å². The number of hydrogen-bond acceptors (Lipinski definition) is 1. The summed E-state index contributed by atoms with van der Waals surface area (Å²) in [4.78, 5) is 0. The Bertz CT molecular complexity index is 998. The molecule has 2 heteroatoms. The summed E-state index contributed by atoms with van der Waals surface area (Å²) in [5.41, 5.74) is 9.82. The van der Waals surface area contributed by atoms with Crippen molar-refractivity contribution in [3.05, 3.63) is 107 Å². The third kappa shape index (κ3) is 4.02. The summed E-state index contributed by atoms with van der Waals surface area (Å²) < 4.78 is 6.57. The van der Waals surface area contributed by atoms with E-state index in [1.165, 1.54) is 44.5 Å². The Morgan fingerprint density at radius 2 is 1.46 bits per heavy atom. The maximum Gasteiger partial charge on any atom is 3.00 e.